The largest absolute Gasteiger partial charge is 0.508 e. The summed E-state index contributed by atoms with van der Waals surface area (Å²) in [5.74, 6) is 1.26. The molecule has 0 amide bonds. The maximum atomic E-state index is 9.97. The molecular formula is C18H24O3. The van der Waals surface area contributed by atoms with Gasteiger partial charge in [-0.2, -0.15) is 0 Å². The van der Waals surface area contributed by atoms with Crippen LogP contribution >= 0.6 is 0 Å². The third-order valence-electron chi connectivity index (χ3n) is 5.76. The second kappa shape index (κ2) is 5.15. The molecule has 0 radical (unpaired) electrons. The Balaban J connectivity index is 2.01. The lowest BCUT2D eigenvalue weighted by Gasteiger charge is -2.55. The van der Waals surface area contributed by atoms with Gasteiger partial charge in [0.25, 0.3) is 0 Å². The highest BCUT2D eigenvalue weighted by Crippen LogP contribution is 2.55. The summed E-state index contributed by atoms with van der Waals surface area (Å²) in [6.07, 6.45) is 2.31. The van der Waals surface area contributed by atoms with Gasteiger partial charge in [0.15, 0.2) is 0 Å². The fraction of sp³-hybridized carbons (Fsp3) is 0.556. The highest BCUT2D eigenvalue weighted by molar-refractivity contribution is 5.31. The van der Waals surface area contributed by atoms with Gasteiger partial charge in [0.05, 0.1) is 19.3 Å². The monoisotopic (exact) mass is 288 g/mol. The van der Waals surface area contributed by atoms with Gasteiger partial charge in [0.2, 0.25) is 0 Å². The van der Waals surface area contributed by atoms with E-state index in [1.807, 2.05) is 12.1 Å². The summed E-state index contributed by atoms with van der Waals surface area (Å²) in [6.45, 7) is 7.33. The van der Waals surface area contributed by atoms with Crippen molar-refractivity contribution < 1.29 is 14.9 Å². The predicted octanol–water partition coefficient (Wildman–Crippen LogP) is 3.29. The van der Waals surface area contributed by atoms with E-state index >= 15 is 0 Å². The maximum Gasteiger partial charge on any atom is 0.115 e. The number of hydrogen-bond acceptors (Lipinski definition) is 3. The van der Waals surface area contributed by atoms with E-state index in [2.05, 4.69) is 26.8 Å². The highest BCUT2D eigenvalue weighted by Gasteiger charge is 2.53. The van der Waals surface area contributed by atoms with Crippen LogP contribution in [0.15, 0.2) is 35.9 Å². The molecule has 5 atom stereocenters. The summed E-state index contributed by atoms with van der Waals surface area (Å²) in [4.78, 5) is 0. The standard InChI is InChI=1S/C18H24O3/c1-11-8-12(2)18(9-19)10-21-17(16(11)13(18)3)14-4-6-15(20)7-5-14/h4-8,12-13,16-17,19-20H,9-10H2,1-3H3/t12-,13-,16+,17+,18+/m0/s1. The Labute approximate surface area is 126 Å². The summed E-state index contributed by atoms with van der Waals surface area (Å²) in [7, 11) is 0. The molecule has 0 aromatic heterocycles. The van der Waals surface area contributed by atoms with Crippen molar-refractivity contribution in [2.24, 2.45) is 23.2 Å². The first-order chi connectivity index (χ1) is 9.99. The van der Waals surface area contributed by atoms with E-state index in [-0.39, 0.29) is 29.8 Å². The van der Waals surface area contributed by atoms with Gasteiger partial charge in [-0.15, -0.1) is 0 Å². The van der Waals surface area contributed by atoms with Crippen molar-refractivity contribution in [2.75, 3.05) is 13.2 Å². The normalized spacial score (nSPS) is 39.0. The van der Waals surface area contributed by atoms with Crippen LogP contribution in [-0.2, 0) is 4.74 Å². The van der Waals surface area contributed by atoms with E-state index < -0.39 is 0 Å². The van der Waals surface area contributed by atoms with Gasteiger partial charge in [-0.25, -0.2) is 0 Å². The number of ether oxygens (including phenoxy) is 1. The fourth-order valence-electron chi connectivity index (χ4n) is 4.25. The molecule has 2 N–H and O–H groups in total. The summed E-state index contributed by atoms with van der Waals surface area (Å²) in [6, 6.07) is 7.29. The molecule has 0 saturated carbocycles. The van der Waals surface area contributed by atoms with Gasteiger partial charge in [0.1, 0.15) is 5.75 Å². The summed E-state index contributed by atoms with van der Waals surface area (Å²) in [5.41, 5.74) is 2.27. The molecular weight excluding hydrogens is 264 g/mol. The van der Waals surface area contributed by atoms with Crippen molar-refractivity contribution in [3.8, 4) is 5.75 Å². The Morgan fingerprint density at radius 3 is 2.52 bits per heavy atom. The van der Waals surface area contributed by atoms with E-state index in [0.717, 1.165) is 5.56 Å². The second-order valence-electron chi connectivity index (χ2n) is 6.73. The van der Waals surface area contributed by atoms with E-state index in [1.165, 1.54) is 5.57 Å². The summed E-state index contributed by atoms with van der Waals surface area (Å²) >= 11 is 0. The zero-order chi connectivity index (χ0) is 15.2. The van der Waals surface area contributed by atoms with Crippen molar-refractivity contribution in [3.63, 3.8) is 0 Å². The van der Waals surface area contributed by atoms with Crippen molar-refractivity contribution in [2.45, 2.75) is 26.9 Å². The molecule has 3 rings (SSSR count). The van der Waals surface area contributed by atoms with Gasteiger partial charge in [-0.1, -0.05) is 37.6 Å². The first-order valence-electron chi connectivity index (χ1n) is 7.69. The van der Waals surface area contributed by atoms with Crippen LogP contribution in [0, 0.1) is 23.2 Å². The van der Waals surface area contributed by atoms with Gasteiger partial charge in [-0.3, -0.25) is 0 Å². The molecule has 1 heterocycles. The third kappa shape index (κ3) is 2.11. The van der Waals surface area contributed by atoms with Crippen LogP contribution < -0.4 is 0 Å². The van der Waals surface area contributed by atoms with Gasteiger partial charge < -0.3 is 14.9 Å². The number of phenols is 1. The van der Waals surface area contributed by atoms with Crippen LogP contribution in [0.5, 0.6) is 5.75 Å². The molecule has 0 unspecified atom stereocenters. The number of rotatable bonds is 2. The summed E-state index contributed by atoms with van der Waals surface area (Å²) < 4.78 is 6.19. The number of hydrogen-bond donors (Lipinski definition) is 2. The minimum absolute atomic E-state index is 0.00373. The van der Waals surface area contributed by atoms with E-state index in [1.54, 1.807) is 12.1 Å². The minimum atomic E-state index is -0.169. The average molecular weight is 288 g/mol. The van der Waals surface area contributed by atoms with E-state index in [4.69, 9.17) is 4.74 Å². The fourth-order valence-corrected chi connectivity index (χ4v) is 4.25. The van der Waals surface area contributed by atoms with Gasteiger partial charge in [-0.05, 0) is 36.5 Å². The molecule has 0 spiro atoms. The number of aliphatic hydroxyl groups excluding tert-OH is 1. The lowest BCUT2D eigenvalue weighted by Crippen LogP contribution is -2.53. The lowest BCUT2D eigenvalue weighted by molar-refractivity contribution is -0.165. The number of benzene rings is 1. The van der Waals surface area contributed by atoms with E-state index in [0.29, 0.717) is 18.4 Å². The SMILES string of the molecule is CC1=C[C@H](C)[C@@]2(CO)CO[C@H](c3ccc(O)cc3)[C@H]1[C@@H]2C. The van der Waals surface area contributed by atoms with Gasteiger partial charge >= 0.3 is 0 Å². The van der Waals surface area contributed by atoms with Crippen molar-refractivity contribution >= 4 is 0 Å². The third-order valence-corrected chi connectivity index (χ3v) is 5.76. The molecule has 2 aliphatic rings. The molecule has 3 nitrogen and oxygen atoms in total. The van der Waals surface area contributed by atoms with Gasteiger partial charge in [0, 0.05) is 11.3 Å². The van der Waals surface area contributed by atoms with Crippen LogP contribution in [0.2, 0.25) is 0 Å². The van der Waals surface area contributed by atoms with Crippen LogP contribution in [0.1, 0.15) is 32.4 Å². The number of fused-ring (bicyclic) bond motifs is 2. The lowest BCUT2D eigenvalue weighted by atomic mass is 9.56. The van der Waals surface area contributed by atoms with Crippen molar-refractivity contribution in [3.05, 3.63) is 41.5 Å². The predicted molar refractivity (Wildman–Crippen MR) is 81.9 cm³/mol. The maximum absolute atomic E-state index is 9.97. The van der Waals surface area contributed by atoms with Crippen LogP contribution in [0.4, 0.5) is 0 Å². The first kappa shape index (κ1) is 14.6. The molecule has 1 aliphatic heterocycles. The zero-order valence-corrected chi connectivity index (χ0v) is 12.9. The molecule has 1 fully saturated rings. The minimum Gasteiger partial charge on any atom is -0.508 e. The van der Waals surface area contributed by atoms with Crippen LogP contribution in [-0.4, -0.2) is 23.4 Å². The zero-order valence-electron chi connectivity index (χ0n) is 12.9. The van der Waals surface area contributed by atoms with E-state index in [9.17, 15) is 10.2 Å². The highest BCUT2D eigenvalue weighted by atomic mass is 16.5. The molecule has 3 heteroatoms. The molecule has 21 heavy (non-hydrogen) atoms. The molecule has 1 aromatic rings. The molecule has 2 bridgehead atoms. The molecule has 1 aliphatic carbocycles. The van der Waals surface area contributed by atoms with Crippen LogP contribution in [0.3, 0.4) is 0 Å². The number of aliphatic hydroxyl groups is 1. The Hall–Kier alpha value is -1.32. The number of phenolic OH excluding ortho intramolecular Hbond substituents is 1. The number of allylic oxidation sites excluding steroid dienone is 1. The topological polar surface area (TPSA) is 49.7 Å². The smallest absolute Gasteiger partial charge is 0.115 e. The molecule has 1 aromatic carbocycles. The molecule has 1 saturated heterocycles. The average Bonchev–Trinajstić information content (AvgIpc) is 2.46. The Bertz CT molecular complexity index is 548. The number of aromatic hydroxyl groups is 1. The second-order valence-corrected chi connectivity index (χ2v) is 6.73. The molecule has 114 valence electrons. The van der Waals surface area contributed by atoms with Crippen molar-refractivity contribution in [1.29, 1.82) is 0 Å². The Morgan fingerprint density at radius 2 is 1.90 bits per heavy atom. The quantitative estimate of drug-likeness (QED) is 0.821. The van der Waals surface area contributed by atoms with Crippen molar-refractivity contribution in [1.82, 2.24) is 0 Å². The Morgan fingerprint density at radius 1 is 1.24 bits per heavy atom. The first-order valence-corrected chi connectivity index (χ1v) is 7.69. The van der Waals surface area contributed by atoms with Crippen LogP contribution in [0.25, 0.3) is 0 Å². The summed E-state index contributed by atoms with van der Waals surface area (Å²) in [5, 5.41) is 19.4. The Kier molecular flexibility index (Phi) is 3.58.